The molecule has 0 spiro atoms. The van der Waals surface area contributed by atoms with E-state index in [9.17, 15) is 10.1 Å². The van der Waals surface area contributed by atoms with Gasteiger partial charge >= 0.3 is 6.01 Å². The molecule has 1 saturated heterocycles. The molecular weight excluding hydrogens is 566 g/mol. The average Bonchev–Trinajstić information content (AvgIpc) is 3.05. The molecule has 1 amide bonds. The minimum Gasteiger partial charge on any atom is -0.460 e. The monoisotopic (exact) mass is 609 g/mol. The normalized spacial score (nSPS) is 23.0. The van der Waals surface area contributed by atoms with Gasteiger partial charge in [-0.25, -0.2) is 0 Å². The van der Waals surface area contributed by atoms with Gasteiger partial charge in [-0.05, 0) is 44.5 Å². The van der Waals surface area contributed by atoms with Gasteiger partial charge in [0.15, 0.2) is 0 Å². The minimum absolute atomic E-state index is 0.00427. The second kappa shape index (κ2) is 13.4. The molecule has 3 unspecified atom stereocenters. The van der Waals surface area contributed by atoms with Gasteiger partial charge in [0.25, 0.3) is 0 Å². The van der Waals surface area contributed by atoms with E-state index >= 15 is 0 Å². The second-order valence-electron chi connectivity index (χ2n) is 12.5. The molecule has 1 aromatic heterocycles. The smallest absolute Gasteiger partial charge is 0.318 e. The Bertz CT molecular complexity index is 1580. The van der Waals surface area contributed by atoms with E-state index in [1.54, 1.807) is 12.0 Å². The van der Waals surface area contributed by atoms with Gasteiger partial charge in [0.05, 0.1) is 30.8 Å². The molecule has 2 fully saturated rings. The highest BCUT2D eigenvalue weighted by molar-refractivity contribution is 5.94. The molecule has 4 atom stereocenters. The fourth-order valence-corrected chi connectivity index (χ4v) is 7.26. The van der Waals surface area contributed by atoms with Crippen molar-refractivity contribution < 1.29 is 14.3 Å². The molecule has 0 N–H and O–H groups in total. The van der Waals surface area contributed by atoms with Crippen LogP contribution in [-0.2, 0) is 22.5 Å². The van der Waals surface area contributed by atoms with Gasteiger partial charge in [-0.2, -0.15) is 15.2 Å². The largest absolute Gasteiger partial charge is 0.460 e. The molecular formula is C35H43N7O3. The maximum atomic E-state index is 12.6. The van der Waals surface area contributed by atoms with Crippen molar-refractivity contribution in [3.8, 4) is 12.1 Å². The fraction of sp³-hybridized carbons (Fsp3) is 0.486. The molecule has 0 bridgehead atoms. The summed E-state index contributed by atoms with van der Waals surface area (Å²) in [5.74, 6) is 1.04. The Morgan fingerprint density at radius 2 is 1.96 bits per heavy atom. The number of methoxy groups -OCH3 is 1. The van der Waals surface area contributed by atoms with Crippen molar-refractivity contribution in [3.05, 3.63) is 66.4 Å². The Morgan fingerprint density at radius 3 is 2.73 bits per heavy atom. The number of ether oxygens (including phenoxy) is 2. The van der Waals surface area contributed by atoms with Crippen molar-refractivity contribution in [1.82, 2.24) is 19.8 Å². The van der Waals surface area contributed by atoms with E-state index in [1.807, 2.05) is 0 Å². The lowest BCUT2D eigenvalue weighted by atomic mass is 9.74. The van der Waals surface area contributed by atoms with Crippen LogP contribution in [0.15, 0.2) is 55.1 Å². The number of hydrogen-bond donors (Lipinski definition) is 0. The van der Waals surface area contributed by atoms with E-state index < -0.39 is 0 Å². The molecule has 10 heteroatoms. The van der Waals surface area contributed by atoms with Crippen molar-refractivity contribution in [2.45, 2.75) is 50.4 Å². The maximum Gasteiger partial charge on any atom is 0.318 e. The van der Waals surface area contributed by atoms with Crippen LogP contribution in [0, 0.1) is 17.2 Å². The summed E-state index contributed by atoms with van der Waals surface area (Å²) in [7, 11) is 5.97. The van der Waals surface area contributed by atoms with E-state index in [-0.39, 0.29) is 24.5 Å². The van der Waals surface area contributed by atoms with Crippen LogP contribution in [0.1, 0.15) is 30.5 Å². The number of hydrogen-bond acceptors (Lipinski definition) is 9. The van der Waals surface area contributed by atoms with Gasteiger partial charge in [0, 0.05) is 74.9 Å². The van der Waals surface area contributed by atoms with Crippen LogP contribution in [0.5, 0.6) is 6.01 Å². The van der Waals surface area contributed by atoms with E-state index in [0.717, 1.165) is 42.9 Å². The molecule has 2 aliphatic heterocycles. The summed E-state index contributed by atoms with van der Waals surface area (Å²) >= 11 is 0. The number of nitrogens with zero attached hydrogens (tertiary/aromatic N) is 7. The van der Waals surface area contributed by atoms with Crippen LogP contribution in [0.3, 0.4) is 0 Å². The summed E-state index contributed by atoms with van der Waals surface area (Å²) in [6.45, 7) is 7.46. The Balaban J connectivity index is 1.34. The van der Waals surface area contributed by atoms with Gasteiger partial charge in [0.2, 0.25) is 5.91 Å². The first-order chi connectivity index (χ1) is 21.9. The lowest BCUT2D eigenvalue weighted by Crippen LogP contribution is -2.56. The van der Waals surface area contributed by atoms with Crippen LogP contribution < -0.4 is 14.5 Å². The molecule has 10 nitrogen and oxygen atoms in total. The van der Waals surface area contributed by atoms with E-state index in [4.69, 9.17) is 19.4 Å². The summed E-state index contributed by atoms with van der Waals surface area (Å²) in [6, 6.07) is 17.8. The summed E-state index contributed by atoms with van der Waals surface area (Å²) < 4.78 is 12.0. The first-order valence-corrected chi connectivity index (χ1v) is 15.9. The quantitative estimate of drug-likeness (QED) is 0.316. The minimum atomic E-state index is -0.245. The number of piperazine rings is 1. The van der Waals surface area contributed by atoms with E-state index in [2.05, 4.69) is 83.9 Å². The molecule has 3 aliphatic rings. The Labute approximate surface area is 265 Å². The van der Waals surface area contributed by atoms with Gasteiger partial charge in [0.1, 0.15) is 11.9 Å². The van der Waals surface area contributed by atoms with Crippen LogP contribution in [0.4, 0.5) is 11.5 Å². The Morgan fingerprint density at radius 1 is 1.13 bits per heavy atom. The SMILES string of the molecule is C=CC(=O)N1CCN(c2nc(OC3CC(N(C)C)C3CCOC)nc3c2CCN(c2cccc4ccccc24)C3)C[C@@H]1CC#N. The van der Waals surface area contributed by atoms with Gasteiger partial charge < -0.3 is 29.1 Å². The lowest BCUT2D eigenvalue weighted by molar-refractivity contribution is -0.128. The predicted octanol–water partition coefficient (Wildman–Crippen LogP) is 4.04. The number of amides is 1. The van der Waals surface area contributed by atoms with Gasteiger partial charge in [-0.1, -0.05) is 43.0 Å². The highest BCUT2D eigenvalue weighted by Crippen LogP contribution is 2.39. The zero-order chi connectivity index (χ0) is 31.5. The van der Waals surface area contributed by atoms with E-state index in [1.165, 1.54) is 22.5 Å². The molecule has 6 rings (SSSR count). The first-order valence-electron chi connectivity index (χ1n) is 15.9. The van der Waals surface area contributed by atoms with Crippen molar-refractivity contribution >= 4 is 28.2 Å². The number of nitriles is 1. The van der Waals surface area contributed by atoms with Crippen molar-refractivity contribution in [3.63, 3.8) is 0 Å². The van der Waals surface area contributed by atoms with Crippen molar-refractivity contribution in [2.75, 3.05) is 63.8 Å². The van der Waals surface area contributed by atoms with Gasteiger partial charge in [-0.15, -0.1) is 0 Å². The van der Waals surface area contributed by atoms with E-state index in [0.29, 0.717) is 50.8 Å². The molecule has 3 aromatic rings. The number of carbonyl (C=O) groups is 1. The zero-order valence-electron chi connectivity index (χ0n) is 26.6. The third-order valence-electron chi connectivity index (χ3n) is 9.72. The summed E-state index contributed by atoms with van der Waals surface area (Å²) in [4.78, 5) is 31.4. The average molecular weight is 610 g/mol. The lowest BCUT2D eigenvalue weighted by Gasteiger charge is -2.47. The number of fused-ring (bicyclic) bond motifs is 2. The third-order valence-corrected chi connectivity index (χ3v) is 9.72. The van der Waals surface area contributed by atoms with Crippen molar-refractivity contribution in [2.24, 2.45) is 5.92 Å². The molecule has 1 aliphatic carbocycles. The molecule has 2 aromatic carbocycles. The molecule has 3 heterocycles. The molecule has 1 saturated carbocycles. The predicted molar refractivity (Wildman–Crippen MR) is 175 cm³/mol. The van der Waals surface area contributed by atoms with Crippen LogP contribution in [0.25, 0.3) is 10.8 Å². The third kappa shape index (κ3) is 6.20. The molecule has 0 radical (unpaired) electrons. The Kier molecular flexibility index (Phi) is 9.19. The Hall–Kier alpha value is -4.20. The molecule has 45 heavy (non-hydrogen) atoms. The standard InChI is InChI=1S/C35H43N7O3/c1-5-33(43)42-19-18-41(22-25(42)13-16-36)34-27-14-17-40(30-12-8-10-24-9-6-7-11-26(24)30)23-29(27)37-35(38-34)45-32-21-31(39(2)3)28(32)15-20-44-4/h5-12,25,28,31-32H,1,13-15,17-23H2,2-4H3/t25-,28?,31?,32?/m0/s1. The van der Waals surface area contributed by atoms with Crippen molar-refractivity contribution in [1.29, 1.82) is 5.26 Å². The zero-order valence-corrected chi connectivity index (χ0v) is 26.6. The number of aromatic nitrogens is 2. The highest BCUT2D eigenvalue weighted by Gasteiger charge is 2.44. The maximum absolute atomic E-state index is 12.6. The van der Waals surface area contributed by atoms with Crippen LogP contribution in [0.2, 0.25) is 0 Å². The summed E-state index contributed by atoms with van der Waals surface area (Å²) in [5.41, 5.74) is 3.28. The topological polar surface area (TPSA) is 98.1 Å². The molecule has 236 valence electrons. The summed E-state index contributed by atoms with van der Waals surface area (Å²) in [5, 5.41) is 12.0. The highest BCUT2D eigenvalue weighted by atomic mass is 16.5. The number of rotatable bonds is 10. The second-order valence-corrected chi connectivity index (χ2v) is 12.5. The summed E-state index contributed by atoms with van der Waals surface area (Å²) in [6.07, 6.45) is 4.18. The van der Waals surface area contributed by atoms with Crippen LogP contribution >= 0.6 is 0 Å². The number of benzene rings is 2. The van der Waals surface area contributed by atoms with Crippen LogP contribution in [-0.4, -0.2) is 97.9 Å². The first kappa shape index (κ1) is 30.8. The fourth-order valence-electron chi connectivity index (χ4n) is 7.26. The number of anilines is 2. The van der Waals surface area contributed by atoms with Gasteiger partial charge in [-0.3, -0.25) is 4.79 Å². The number of carbonyl (C=O) groups excluding carboxylic acids is 1.